The highest BCUT2D eigenvalue weighted by molar-refractivity contribution is 5.84. The quantitative estimate of drug-likeness (QED) is 0.749. The van der Waals surface area contributed by atoms with E-state index < -0.39 is 0 Å². The van der Waals surface area contributed by atoms with Crippen LogP contribution in [0.15, 0.2) is 0 Å². The monoisotopic (exact) mass is 224 g/mol. The molecule has 0 aromatic carbocycles. The fourth-order valence-electron chi connectivity index (χ4n) is 2.60. The Labute approximate surface area is 98.6 Å². The summed E-state index contributed by atoms with van der Waals surface area (Å²) in [6.07, 6.45) is 7.62. The Kier molecular flexibility index (Phi) is 3.85. The number of nitrogens with one attached hydrogen (secondary N) is 1. The molecule has 0 spiro atoms. The van der Waals surface area contributed by atoms with Gasteiger partial charge in [0.2, 0.25) is 5.91 Å². The van der Waals surface area contributed by atoms with Gasteiger partial charge in [-0.15, -0.1) is 0 Å². The van der Waals surface area contributed by atoms with Crippen LogP contribution in [0.3, 0.4) is 0 Å². The Hall–Kier alpha value is -0.570. The third-order valence-electron chi connectivity index (χ3n) is 3.78. The van der Waals surface area contributed by atoms with E-state index in [0.717, 1.165) is 25.3 Å². The zero-order valence-corrected chi connectivity index (χ0v) is 10.5. The summed E-state index contributed by atoms with van der Waals surface area (Å²) in [4.78, 5) is 14.1. The molecule has 2 rings (SSSR count). The van der Waals surface area contributed by atoms with E-state index in [4.69, 9.17) is 0 Å². The number of rotatable bonds is 6. The predicted octanol–water partition coefficient (Wildman–Crippen LogP) is 2.12. The van der Waals surface area contributed by atoms with Gasteiger partial charge in [0.25, 0.3) is 0 Å². The van der Waals surface area contributed by atoms with Crippen LogP contribution in [0.25, 0.3) is 0 Å². The van der Waals surface area contributed by atoms with Gasteiger partial charge in [0.15, 0.2) is 0 Å². The lowest BCUT2D eigenvalue weighted by Crippen LogP contribution is -2.35. The number of carbonyl (C=O) groups is 1. The minimum atomic E-state index is 0.0842. The van der Waals surface area contributed by atoms with Crippen LogP contribution in [0, 0.1) is 5.92 Å². The van der Waals surface area contributed by atoms with E-state index in [1.807, 2.05) is 4.90 Å². The molecule has 1 heterocycles. The fourth-order valence-corrected chi connectivity index (χ4v) is 2.60. The molecule has 2 unspecified atom stereocenters. The molecule has 2 fully saturated rings. The summed E-state index contributed by atoms with van der Waals surface area (Å²) in [5, 5.41) is 3.38. The highest BCUT2D eigenvalue weighted by atomic mass is 16.2. The maximum Gasteiger partial charge on any atom is 0.241 e. The van der Waals surface area contributed by atoms with Crippen molar-refractivity contribution in [2.45, 2.75) is 64.6 Å². The van der Waals surface area contributed by atoms with E-state index in [9.17, 15) is 4.79 Å². The molecule has 1 saturated heterocycles. The van der Waals surface area contributed by atoms with Crippen molar-refractivity contribution in [2.24, 2.45) is 5.92 Å². The van der Waals surface area contributed by atoms with Crippen LogP contribution in [-0.4, -0.2) is 29.6 Å². The number of nitrogens with zero attached hydrogens (tertiary/aromatic N) is 1. The van der Waals surface area contributed by atoms with Gasteiger partial charge in [0.05, 0.1) is 12.2 Å². The second kappa shape index (κ2) is 5.17. The Balaban J connectivity index is 1.76. The van der Waals surface area contributed by atoms with E-state index in [2.05, 4.69) is 19.2 Å². The van der Waals surface area contributed by atoms with E-state index in [-0.39, 0.29) is 12.2 Å². The topological polar surface area (TPSA) is 32.3 Å². The normalized spacial score (nSPS) is 30.1. The summed E-state index contributed by atoms with van der Waals surface area (Å²) in [5.41, 5.74) is 0. The summed E-state index contributed by atoms with van der Waals surface area (Å²) < 4.78 is 0. The van der Waals surface area contributed by atoms with Crippen LogP contribution in [0.1, 0.15) is 52.4 Å². The van der Waals surface area contributed by atoms with Crippen LogP contribution in [-0.2, 0) is 4.79 Å². The second-order valence-corrected chi connectivity index (χ2v) is 5.30. The standard InChI is InChI=1S/C13H24N2O/c1-3-5-12-13(16)15(10(2)14-12)9-4-6-11-7-8-11/h10-12,14H,3-9H2,1-2H3. The first-order chi connectivity index (χ1) is 7.72. The average Bonchev–Trinajstić information content (AvgIpc) is 3.02. The van der Waals surface area contributed by atoms with Gasteiger partial charge in [-0.25, -0.2) is 0 Å². The minimum Gasteiger partial charge on any atom is -0.326 e. The van der Waals surface area contributed by atoms with E-state index in [0.29, 0.717) is 5.91 Å². The minimum absolute atomic E-state index is 0.0842. The SMILES string of the molecule is CCCC1NC(C)N(CCCC2CC2)C1=O. The first kappa shape index (κ1) is 11.9. The average molecular weight is 224 g/mol. The summed E-state index contributed by atoms with van der Waals surface area (Å²) >= 11 is 0. The molecule has 3 heteroatoms. The molecule has 16 heavy (non-hydrogen) atoms. The highest BCUT2D eigenvalue weighted by Crippen LogP contribution is 2.33. The smallest absolute Gasteiger partial charge is 0.241 e. The zero-order chi connectivity index (χ0) is 11.5. The first-order valence-corrected chi connectivity index (χ1v) is 6.79. The van der Waals surface area contributed by atoms with Gasteiger partial charge < -0.3 is 4.90 Å². The molecule has 1 saturated carbocycles. The molecule has 92 valence electrons. The Bertz CT molecular complexity index is 250. The van der Waals surface area contributed by atoms with Crippen molar-refractivity contribution in [2.75, 3.05) is 6.54 Å². The van der Waals surface area contributed by atoms with Gasteiger partial charge in [0.1, 0.15) is 0 Å². The van der Waals surface area contributed by atoms with Crippen molar-refractivity contribution in [3.05, 3.63) is 0 Å². The predicted molar refractivity (Wildman–Crippen MR) is 65.0 cm³/mol. The molecule has 1 aliphatic heterocycles. The summed E-state index contributed by atoms with van der Waals surface area (Å²) in [6, 6.07) is 0.0842. The van der Waals surface area contributed by atoms with E-state index in [1.165, 1.54) is 25.7 Å². The Morgan fingerprint density at radius 3 is 2.75 bits per heavy atom. The molecule has 0 aromatic rings. The van der Waals surface area contributed by atoms with Gasteiger partial charge in [0, 0.05) is 6.54 Å². The largest absolute Gasteiger partial charge is 0.326 e. The van der Waals surface area contributed by atoms with Crippen LogP contribution in [0.2, 0.25) is 0 Å². The summed E-state index contributed by atoms with van der Waals surface area (Å²) in [7, 11) is 0. The molecule has 2 atom stereocenters. The molecular formula is C13H24N2O. The van der Waals surface area contributed by atoms with Gasteiger partial charge in [-0.1, -0.05) is 26.2 Å². The van der Waals surface area contributed by atoms with Crippen LogP contribution < -0.4 is 5.32 Å². The van der Waals surface area contributed by atoms with Crippen molar-refractivity contribution >= 4 is 5.91 Å². The molecule has 0 radical (unpaired) electrons. The maximum atomic E-state index is 12.1. The second-order valence-electron chi connectivity index (χ2n) is 5.30. The van der Waals surface area contributed by atoms with Crippen molar-refractivity contribution in [3.63, 3.8) is 0 Å². The molecule has 3 nitrogen and oxygen atoms in total. The molecular weight excluding hydrogens is 200 g/mol. The number of carbonyl (C=O) groups excluding carboxylic acids is 1. The fraction of sp³-hybridized carbons (Fsp3) is 0.923. The van der Waals surface area contributed by atoms with E-state index >= 15 is 0 Å². The van der Waals surface area contributed by atoms with Gasteiger partial charge in [-0.2, -0.15) is 0 Å². The number of hydrogen-bond donors (Lipinski definition) is 1. The first-order valence-electron chi connectivity index (χ1n) is 6.79. The van der Waals surface area contributed by atoms with Gasteiger partial charge in [-0.05, 0) is 32.1 Å². The van der Waals surface area contributed by atoms with Crippen LogP contribution in [0.4, 0.5) is 0 Å². The van der Waals surface area contributed by atoms with Gasteiger partial charge in [-0.3, -0.25) is 10.1 Å². The third-order valence-corrected chi connectivity index (χ3v) is 3.78. The Morgan fingerprint density at radius 2 is 2.12 bits per heavy atom. The number of hydrogen-bond acceptors (Lipinski definition) is 2. The molecule has 1 aliphatic carbocycles. The van der Waals surface area contributed by atoms with Crippen molar-refractivity contribution in [1.29, 1.82) is 0 Å². The molecule has 0 aromatic heterocycles. The zero-order valence-electron chi connectivity index (χ0n) is 10.5. The molecule has 1 amide bonds. The molecule has 1 N–H and O–H groups in total. The molecule has 0 bridgehead atoms. The molecule has 2 aliphatic rings. The van der Waals surface area contributed by atoms with Crippen molar-refractivity contribution in [1.82, 2.24) is 10.2 Å². The summed E-state index contributed by atoms with van der Waals surface area (Å²) in [6.45, 7) is 5.18. The Morgan fingerprint density at radius 1 is 1.38 bits per heavy atom. The highest BCUT2D eigenvalue weighted by Gasteiger charge is 2.35. The van der Waals surface area contributed by atoms with Crippen molar-refractivity contribution < 1.29 is 4.79 Å². The van der Waals surface area contributed by atoms with Crippen LogP contribution in [0.5, 0.6) is 0 Å². The van der Waals surface area contributed by atoms with E-state index in [1.54, 1.807) is 0 Å². The van der Waals surface area contributed by atoms with Crippen molar-refractivity contribution in [3.8, 4) is 0 Å². The summed E-state index contributed by atoms with van der Waals surface area (Å²) in [5.74, 6) is 1.30. The lowest BCUT2D eigenvalue weighted by Gasteiger charge is -2.20. The van der Waals surface area contributed by atoms with Crippen LogP contribution >= 0.6 is 0 Å². The van der Waals surface area contributed by atoms with Gasteiger partial charge >= 0.3 is 0 Å². The lowest BCUT2D eigenvalue weighted by molar-refractivity contribution is -0.130. The maximum absolute atomic E-state index is 12.1. The number of amides is 1. The lowest BCUT2D eigenvalue weighted by atomic mass is 10.1. The third kappa shape index (κ3) is 2.76.